The Hall–Kier alpha value is -2.14. The summed E-state index contributed by atoms with van der Waals surface area (Å²) in [7, 11) is 2.94. The van der Waals surface area contributed by atoms with Gasteiger partial charge in [0.25, 0.3) is 0 Å². The highest BCUT2D eigenvalue weighted by molar-refractivity contribution is 6.30. The van der Waals surface area contributed by atoms with Gasteiger partial charge >= 0.3 is 5.97 Å². The molecule has 21 heavy (non-hydrogen) atoms. The lowest BCUT2D eigenvalue weighted by molar-refractivity contribution is -0.139. The van der Waals surface area contributed by atoms with E-state index in [1.54, 1.807) is 14.0 Å². The quantitative estimate of drug-likeness (QED) is 0.642. The topological polar surface area (TPSA) is 61.3 Å². The molecule has 1 aromatic heterocycles. The average Bonchev–Trinajstić information content (AvgIpc) is 2.50. The first-order valence-electron chi connectivity index (χ1n) is 6.29. The number of carbonyl (C=O) groups excluding carboxylic acids is 1. The summed E-state index contributed by atoms with van der Waals surface area (Å²) in [5.41, 5.74) is 2.07. The molecule has 0 radical (unpaired) electrons. The van der Waals surface area contributed by atoms with Crippen LogP contribution in [0.5, 0.6) is 5.75 Å². The van der Waals surface area contributed by atoms with E-state index in [4.69, 9.17) is 16.3 Å². The molecule has 0 atom stereocenters. The molecule has 0 aliphatic carbocycles. The number of hydrogen-bond donors (Lipinski definition) is 0. The summed E-state index contributed by atoms with van der Waals surface area (Å²) < 4.78 is 9.75. The lowest BCUT2D eigenvalue weighted by Crippen LogP contribution is -2.09. The highest BCUT2D eigenvalue weighted by Crippen LogP contribution is 2.24. The number of rotatable bonds is 4. The Morgan fingerprint density at radius 2 is 1.86 bits per heavy atom. The summed E-state index contributed by atoms with van der Waals surface area (Å²) in [4.78, 5) is 20.0. The van der Waals surface area contributed by atoms with Crippen molar-refractivity contribution in [2.75, 3.05) is 14.2 Å². The molecule has 2 rings (SSSR count). The van der Waals surface area contributed by atoms with Gasteiger partial charge in [0.1, 0.15) is 10.9 Å². The van der Waals surface area contributed by atoms with Crippen molar-refractivity contribution in [2.45, 2.75) is 13.3 Å². The highest BCUT2D eigenvalue weighted by Gasteiger charge is 2.15. The van der Waals surface area contributed by atoms with Gasteiger partial charge in [-0.3, -0.25) is 4.79 Å². The van der Waals surface area contributed by atoms with Gasteiger partial charge in [0.15, 0.2) is 5.82 Å². The molecule has 0 saturated carbocycles. The summed E-state index contributed by atoms with van der Waals surface area (Å²) in [6, 6.07) is 7.35. The molecule has 0 N–H and O–H groups in total. The van der Waals surface area contributed by atoms with Crippen LogP contribution < -0.4 is 4.74 Å². The van der Waals surface area contributed by atoms with Crippen molar-refractivity contribution in [3.05, 3.63) is 40.7 Å². The van der Waals surface area contributed by atoms with E-state index in [1.165, 1.54) is 7.11 Å². The van der Waals surface area contributed by atoms with Crippen LogP contribution in [-0.2, 0) is 16.0 Å². The summed E-state index contributed by atoms with van der Waals surface area (Å²) in [6.07, 6.45) is 0.0596. The van der Waals surface area contributed by atoms with E-state index in [9.17, 15) is 4.79 Å². The second kappa shape index (κ2) is 6.54. The second-order valence-corrected chi connectivity index (χ2v) is 4.74. The fourth-order valence-corrected chi connectivity index (χ4v) is 2.13. The molecule has 0 aliphatic heterocycles. The van der Waals surface area contributed by atoms with Crippen molar-refractivity contribution in [2.24, 2.45) is 0 Å². The van der Waals surface area contributed by atoms with Gasteiger partial charge in [-0.2, -0.15) is 0 Å². The minimum absolute atomic E-state index is 0.0596. The zero-order valence-electron chi connectivity index (χ0n) is 12.0. The van der Waals surface area contributed by atoms with Gasteiger partial charge in [-0.05, 0) is 31.2 Å². The Balaban J connectivity index is 2.36. The molecule has 1 heterocycles. The Labute approximate surface area is 127 Å². The van der Waals surface area contributed by atoms with Gasteiger partial charge in [-0.15, -0.1) is 0 Å². The molecular weight excluding hydrogens is 292 g/mol. The molecule has 2 aromatic rings. The molecule has 0 bridgehead atoms. The third-order valence-corrected chi connectivity index (χ3v) is 3.37. The van der Waals surface area contributed by atoms with Gasteiger partial charge in [0.2, 0.25) is 0 Å². The van der Waals surface area contributed by atoms with Crippen LogP contribution in [0.3, 0.4) is 0 Å². The molecule has 0 spiro atoms. The van der Waals surface area contributed by atoms with Crippen LogP contribution in [0, 0.1) is 6.92 Å². The maximum absolute atomic E-state index is 11.4. The van der Waals surface area contributed by atoms with Crippen LogP contribution in [0.2, 0.25) is 5.15 Å². The van der Waals surface area contributed by atoms with Gasteiger partial charge in [0, 0.05) is 16.8 Å². The van der Waals surface area contributed by atoms with Gasteiger partial charge in [0.05, 0.1) is 20.6 Å². The lowest BCUT2D eigenvalue weighted by Gasteiger charge is -2.09. The van der Waals surface area contributed by atoms with Crippen LogP contribution in [0.15, 0.2) is 24.3 Å². The minimum Gasteiger partial charge on any atom is -0.497 e. The molecule has 5 nitrogen and oxygen atoms in total. The third-order valence-electron chi connectivity index (χ3n) is 3.06. The van der Waals surface area contributed by atoms with E-state index in [-0.39, 0.29) is 17.5 Å². The van der Waals surface area contributed by atoms with Gasteiger partial charge < -0.3 is 9.47 Å². The van der Waals surface area contributed by atoms with E-state index in [0.717, 1.165) is 11.3 Å². The first-order chi connectivity index (χ1) is 10.0. The first kappa shape index (κ1) is 15.3. The molecular formula is C15H15ClN2O3. The van der Waals surface area contributed by atoms with E-state index in [2.05, 4.69) is 14.7 Å². The van der Waals surface area contributed by atoms with Crippen molar-refractivity contribution in [3.8, 4) is 17.1 Å². The van der Waals surface area contributed by atoms with Gasteiger partial charge in [-0.1, -0.05) is 11.6 Å². The Morgan fingerprint density at radius 3 is 2.38 bits per heavy atom. The first-order valence-corrected chi connectivity index (χ1v) is 6.67. The number of hydrogen-bond acceptors (Lipinski definition) is 5. The maximum Gasteiger partial charge on any atom is 0.310 e. The monoisotopic (exact) mass is 306 g/mol. The number of carbonyl (C=O) groups is 1. The number of nitrogens with zero attached hydrogens (tertiary/aromatic N) is 2. The molecule has 0 saturated heterocycles. The van der Waals surface area contributed by atoms with E-state index >= 15 is 0 Å². The fraction of sp³-hybridized carbons (Fsp3) is 0.267. The van der Waals surface area contributed by atoms with Crippen molar-refractivity contribution < 1.29 is 14.3 Å². The number of esters is 1. The number of aromatic nitrogens is 2. The largest absolute Gasteiger partial charge is 0.497 e. The maximum atomic E-state index is 11.4. The minimum atomic E-state index is -0.374. The SMILES string of the molecule is COC(=O)Cc1c(C)nc(-c2ccc(OC)cc2)nc1Cl. The summed E-state index contributed by atoms with van der Waals surface area (Å²) >= 11 is 6.16. The second-order valence-electron chi connectivity index (χ2n) is 4.38. The number of aryl methyl sites for hydroxylation is 1. The third kappa shape index (κ3) is 3.49. The Bertz CT molecular complexity index is 633. The molecule has 0 unspecified atom stereocenters. The summed E-state index contributed by atoms with van der Waals surface area (Å²) in [5, 5.41) is 0.263. The van der Waals surface area contributed by atoms with Crippen LogP contribution >= 0.6 is 11.6 Å². The van der Waals surface area contributed by atoms with Crippen LogP contribution in [-0.4, -0.2) is 30.2 Å². The smallest absolute Gasteiger partial charge is 0.310 e. The molecule has 110 valence electrons. The lowest BCUT2D eigenvalue weighted by atomic mass is 10.1. The summed E-state index contributed by atoms with van der Waals surface area (Å²) in [6.45, 7) is 1.79. The molecule has 1 aromatic carbocycles. The number of benzene rings is 1. The zero-order valence-corrected chi connectivity index (χ0v) is 12.8. The number of halogens is 1. The summed E-state index contributed by atoms with van der Waals surface area (Å²) in [5.74, 6) is 0.887. The Morgan fingerprint density at radius 1 is 1.19 bits per heavy atom. The zero-order chi connectivity index (χ0) is 15.4. The molecule has 0 amide bonds. The van der Waals surface area contributed by atoms with Gasteiger partial charge in [-0.25, -0.2) is 9.97 Å². The van der Waals surface area contributed by atoms with Crippen molar-refractivity contribution in [1.29, 1.82) is 0 Å². The van der Waals surface area contributed by atoms with Crippen molar-refractivity contribution in [1.82, 2.24) is 9.97 Å². The standard InChI is InChI=1S/C15H15ClN2O3/c1-9-12(8-13(19)21-3)14(16)18-15(17-9)10-4-6-11(20-2)7-5-10/h4-7H,8H2,1-3H3. The Kier molecular flexibility index (Phi) is 4.75. The number of ether oxygens (including phenoxy) is 2. The predicted octanol–water partition coefficient (Wildman–Crippen LogP) is 2.83. The van der Waals surface area contributed by atoms with Crippen LogP contribution in [0.25, 0.3) is 11.4 Å². The highest BCUT2D eigenvalue weighted by atomic mass is 35.5. The van der Waals surface area contributed by atoms with E-state index < -0.39 is 0 Å². The fourth-order valence-electron chi connectivity index (χ4n) is 1.85. The van der Waals surface area contributed by atoms with Crippen molar-refractivity contribution >= 4 is 17.6 Å². The van der Waals surface area contributed by atoms with Crippen LogP contribution in [0.4, 0.5) is 0 Å². The molecule has 0 fully saturated rings. The normalized spacial score (nSPS) is 10.3. The number of methoxy groups -OCH3 is 2. The van der Waals surface area contributed by atoms with E-state index in [1.807, 2.05) is 24.3 Å². The molecule has 6 heteroatoms. The predicted molar refractivity (Wildman–Crippen MR) is 79.5 cm³/mol. The van der Waals surface area contributed by atoms with Crippen LogP contribution in [0.1, 0.15) is 11.3 Å². The molecule has 0 aliphatic rings. The van der Waals surface area contributed by atoms with Crippen molar-refractivity contribution in [3.63, 3.8) is 0 Å². The van der Waals surface area contributed by atoms with E-state index in [0.29, 0.717) is 17.1 Å². The average molecular weight is 307 g/mol.